The van der Waals surface area contributed by atoms with Gasteiger partial charge >= 0.3 is 0 Å². The van der Waals surface area contributed by atoms with Crippen LogP contribution in [0.5, 0.6) is 0 Å². The van der Waals surface area contributed by atoms with E-state index in [0.29, 0.717) is 63.0 Å². The average molecular weight is 546 g/mol. The van der Waals surface area contributed by atoms with Gasteiger partial charge in [0.1, 0.15) is 23.6 Å². The van der Waals surface area contributed by atoms with Crippen molar-refractivity contribution in [2.75, 3.05) is 55.7 Å². The first-order valence-electron chi connectivity index (χ1n) is 13.3. The van der Waals surface area contributed by atoms with Gasteiger partial charge in [-0.3, -0.25) is 20.1 Å². The second-order valence-electron chi connectivity index (χ2n) is 9.84. The first-order chi connectivity index (χ1) is 19.5. The van der Waals surface area contributed by atoms with Crippen LogP contribution < -0.4 is 15.1 Å². The molecule has 0 aliphatic carbocycles. The zero-order valence-corrected chi connectivity index (χ0v) is 22.1. The van der Waals surface area contributed by atoms with E-state index >= 15 is 4.39 Å². The summed E-state index contributed by atoms with van der Waals surface area (Å²) >= 11 is 0. The third-order valence-electron chi connectivity index (χ3n) is 7.34. The molecule has 0 radical (unpaired) electrons. The van der Waals surface area contributed by atoms with E-state index in [1.807, 2.05) is 24.0 Å². The predicted octanol–water partition coefficient (Wildman–Crippen LogP) is 3.66. The highest BCUT2D eigenvalue weighted by atomic mass is 19.1. The lowest BCUT2D eigenvalue weighted by molar-refractivity contribution is 0.0746. The lowest BCUT2D eigenvalue weighted by Gasteiger charge is -2.40. The lowest BCUT2D eigenvalue weighted by atomic mass is 10.0. The molecule has 2 aliphatic rings. The molecule has 3 aromatic heterocycles. The maximum atomic E-state index is 15.6. The predicted molar refractivity (Wildman–Crippen MR) is 148 cm³/mol. The number of piperazine rings is 1. The van der Waals surface area contributed by atoms with Gasteiger partial charge in [0.15, 0.2) is 0 Å². The molecule has 1 amide bonds. The number of fused-ring (bicyclic) bond motifs is 1. The van der Waals surface area contributed by atoms with Gasteiger partial charge in [-0.2, -0.15) is 0 Å². The number of nitrogens with one attached hydrogen (secondary N) is 1. The van der Waals surface area contributed by atoms with Gasteiger partial charge in [0.2, 0.25) is 0 Å². The number of nitrogens with zero attached hydrogens (tertiary/aromatic N) is 6. The van der Waals surface area contributed by atoms with Crippen LogP contribution in [-0.2, 0) is 4.74 Å². The Morgan fingerprint density at radius 3 is 2.52 bits per heavy atom. The molecule has 5 heterocycles. The van der Waals surface area contributed by atoms with Crippen LogP contribution in [-0.4, -0.2) is 77.9 Å². The molecule has 1 unspecified atom stereocenters. The summed E-state index contributed by atoms with van der Waals surface area (Å²) < 4.78 is 35.8. The fourth-order valence-corrected chi connectivity index (χ4v) is 5.45. The van der Waals surface area contributed by atoms with Gasteiger partial charge in [0.25, 0.3) is 5.91 Å². The molecule has 0 spiro atoms. The van der Waals surface area contributed by atoms with Crippen molar-refractivity contribution < 1.29 is 18.3 Å². The minimum absolute atomic E-state index is 0.0769. The van der Waals surface area contributed by atoms with Gasteiger partial charge in [-0.25, -0.2) is 13.8 Å². The van der Waals surface area contributed by atoms with Crippen molar-refractivity contribution in [3.05, 3.63) is 83.9 Å². The smallest absolute Gasteiger partial charge is 0.255 e. The summed E-state index contributed by atoms with van der Waals surface area (Å²) in [5.74, 6) is -0.847. The summed E-state index contributed by atoms with van der Waals surface area (Å²) in [6, 6.07) is 9.37. The molecule has 0 saturated carbocycles. The molecular formula is C29H29F2N7O2. The number of carbonyl (C=O) groups is 1. The Balaban J connectivity index is 1.42. The quantitative estimate of drug-likeness (QED) is 0.407. The molecule has 1 aromatic carbocycles. The highest BCUT2D eigenvalue weighted by Gasteiger charge is 2.31. The molecule has 4 aromatic rings. The number of pyridine rings is 3. The Labute approximate surface area is 230 Å². The van der Waals surface area contributed by atoms with Crippen molar-refractivity contribution in [1.82, 2.24) is 25.2 Å². The van der Waals surface area contributed by atoms with E-state index in [9.17, 15) is 9.18 Å². The van der Waals surface area contributed by atoms with E-state index in [0.717, 1.165) is 17.3 Å². The second kappa shape index (κ2) is 11.1. The fourth-order valence-electron chi connectivity index (χ4n) is 5.45. The first-order valence-corrected chi connectivity index (χ1v) is 13.3. The highest BCUT2D eigenvalue weighted by molar-refractivity contribution is 5.99. The number of halogens is 2. The molecule has 40 heavy (non-hydrogen) atoms. The Hall–Kier alpha value is -4.22. The summed E-state index contributed by atoms with van der Waals surface area (Å²) in [5.41, 5.74) is 2.80. The van der Waals surface area contributed by atoms with Crippen molar-refractivity contribution in [2.24, 2.45) is 0 Å². The monoisotopic (exact) mass is 545 g/mol. The normalized spacial score (nSPS) is 17.7. The van der Waals surface area contributed by atoms with Crippen LogP contribution in [0.2, 0.25) is 0 Å². The third-order valence-corrected chi connectivity index (χ3v) is 7.34. The van der Waals surface area contributed by atoms with Crippen LogP contribution in [0.3, 0.4) is 0 Å². The van der Waals surface area contributed by atoms with E-state index < -0.39 is 11.6 Å². The topological polar surface area (TPSA) is 86.7 Å². The number of aromatic nitrogens is 3. The molecular weight excluding hydrogens is 516 g/mol. The molecule has 206 valence electrons. The third kappa shape index (κ3) is 4.93. The number of carbonyl (C=O) groups excluding carboxylic acids is 1. The summed E-state index contributed by atoms with van der Waals surface area (Å²) in [7, 11) is 0. The molecule has 1 N–H and O–H groups in total. The molecule has 2 saturated heterocycles. The second-order valence-corrected chi connectivity index (χ2v) is 9.84. The van der Waals surface area contributed by atoms with E-state index in [4.69, 9.17) is 9.72 Å². The largest absolute Gasteiger partial charge is 0.377 e. The molecule has 2 aliphatic heterocycles. The number of hydrogen-bond acceptors (Lipinski definition) is 8. The van der Waals surface area contributed by atoms with Gasteiger partial charge < -0.3 is 19.4 Å². The van der Waals surface area contributed by atoms with Crippen molar-refractivity contribution in [2.45, 2.75) is 13.1 Å². The van der Waals surface area contributed by atoms with Crippen molar-refractivity contribution in [1.29, 1.82) is 0 Å². The summed E-state index contributed by atoms with van der Waals surface area (Å²) in [6.45, 7) is 5.45. The van der Waals surface area contributed by atoms with E-state index in [2.05, 4.69) is 20.2 Å². The number of anilines is 3. The van der Waals surface area contributed by atoms with Crippen molar-refractivity contribution in [3.63, 3.8) is 0 Å². The maximum absolute atomic E-state index is 15.6. The number of morpholine rings is 1. The first kappa shape index (κ1) is 26.0. The van der Waals surface area contributed by atoms with Crippen LogP contribution in [0.4, 0.5) is 26.0 Å². The molecule has 2 fully saturated rings. The Bertz CT molecular complexity index is 1510. The van der Waals surface area contributed by atoms with Crippen LogP contribution in [0.1, 0.15) is 15.9 Å². The number of ether oxygens (including phenoxy) is 1. The zero-order chi connectivity index (χ0) is 27.6. The Kier molecular flexibility index (Phi) is 7.23. The molecule has 0 bridgehead atoms. The fraction of sp³-hybridized carbons (Fsp3) is 0.310. The summed E-state index contributed by atoms with van der Waals surface area (Å²) in [6.07, 6.45) is 6.28. The van der Waals surface area contributed by atoms with Gasteiger partial charge in [-0.15, -0.1) is 0 Å². The Morgan fingerprint density at radius 2 is 1.85 bits per heavy atom. The van der Waals surface area contributed by atoms with E-state index in [1.165, 1.54) is 6.07 Å². The van der Waals surface area contributed by atoms with Crippen LogP contribution in [0.25, 0.3) is 10.9 Å². The zero-order valence-electron chi connectivity index (χ0n) is 22.1. The lowest BCUT2D eigenvalue weighted by Crippen LogP contribution is -2.52. The number of rotatable bonds is 5. The number of hydrogen-bond donors (Lipinski definition) is 1. The standard InChI is InChI=1S/C29H29F2N7O2/c1-19-27(38(22-5-3-7-33-17-22)25-18-40-13-8-34-25)26-23(31)14-21(30)15-24(26)35-28(19)36-9-11-37(12-10-36)29(39)20-4-2-6-32-16-20/h2-7,14-17,25,34H,8-13,18H2,1H3. The van der Waals surface area contributed by atoms with Crippen molar-refractivity contribution >= 4 is 34.0 Å². The molecule has 6 rings (SSSR count). The molecule has 11 heteroatoms. The minimum Gasteiger partial charge on any atom is -0.377 e. The van der Waals surface area contributed by atoms with Gasteiger partial charge in [-0.05, 0) is 31.2 Å². The van der Waals surface area contributed by atoms with Gasteiger partial charge in [-0.1, -0.05) is 0 Å². The number of benzene rings is 1. The summed E-state index contributed by atoms with van der Waals surface area (Å²) in [4.78, 5) is 31.9. The van der Waals surface area contributed by atoms with E-state index in [-0.39, 0.29) is 23.0 Å². The van der Waals surface area contributed by atoms with Crippen LogP contribution in [0.15, 0.2) is 61.2 Å². The number of amides is 1. The minimum atomic E-state index is -0.697. The Morgan fingerprint density at radius 1 is 1.07 bits per heavy atom. The molecule has 1 atom stereocenters. The van der Waals surface area contributed by atoms with Gasteiger partial charge in [0, 0.05) is 69.0 Å². The van der Waals surface area contributed by atoms with E-state index in [1.54, 1.807) is 41.8 Å². The van der Waals surface area contributed by atoms with Gasteiger partial charge in [0.05, 0.1) is 47.3 Å². The molecule has 9 nitrogen and oxygen atoms in total. The van der Waals surface area contributed by atoms with Crippen molar-refractivity contribution in [3.8, 4) is 0 Å². The van der Waals surface area contributed by atoms with Crippen LogP contribution >= 0.6 is 0 Å². The average Bonchev–Trinajstić information content (AvgIpc) is 2.99. The maximum Gasteiger partial charge on any atom is 0.255 e. The highest BCUT2D eigenvalue weighted by Crippen LogP contribution is 2.41. The SMILES string of the molecule is Cc1c(N2CCN(C(=O)c3cccnc3)CC2)nc2cc(F)cc(F)c2c1N(c1cccnc1)C1COCCN1. The summed E-state index contributed by atoms with van der Waals surface area (Å²) in [5, 5.41) is 3.69. The van der Waals surface area contributed by atoms with Crippen LogP contribution in [0, 0.1) is 18.6 Å².